The summed E-state index contributed by atoms with van der Waals surface area (Å²) in [5.41, 5.74) is -1.04. The van der Waals surface area contributed by atoms with Crippen LogP contribution < -0.4 is 16.0 Å². The highest BCUT2D eigenvalue weighted by molar-refractivity contribution is 5.93. The zero-order valence-electron chi connectivity index (χ0n) is 17.8. The monoisotopic (exact) mass is 446 g/mol. The maximum Gasteiger partial charge on any atom is 0.471 e. The fourth-order valence-corrected chi connectivity index (χ4v) is 3.39. The van der Waals surface area contributed by atoms with Gasteiger partial charge in [-0.2, -0.15) is 18.4 Å². The van der Waals surface area contributed by atoms with Crippen LogP contribution in [0.3, 0.4) is 0 Å². The van der Waals surface area contributed by atoms with Crippen LogP contribution >= 0.6 is 0 Å². The van der Waals surface area contributed by atoms with Gasteiger partial charge in [-0.05, 0) is 24.2 Å². The Morgan fingerprint density at radius 1 is 1.06 bits per heavy atom. The van der Waals surface area contributed by atoms with E-state index in [0.717, 1.165) is 12.8 Å². The van der Waals surface area contributed by atoms with Crippen LogP contribution in [0.15, 0.2) is 0 Å². The standard InChI is InChI=1S/C20H29F3N4O4/c1-19(2,3)15(27-18(30)20(21,22)23)17(29)25-13(8-11-4-5-11)16(28)26-14(9-24)12-6-7-31-10-12/h11-15H,4-8,10H2,1-3H3,(H,25,29)(H,26,28)(H,27,30). The lowest BCUT2D eigenvalue weighted by atomic mass is 9.85. The van der Waals surface area contributed by atoms with E-state index in [1.54, 1.807) is 5.32 Å². The number of hydrogen-bond acceptors (Lipinski definition) is 5. The number of halogens is 3. The highest BCUT2D eigenvalue weighted by Gasteiger charge is 2.44. The Morgan fingerprint density at radius 3 is 2.16 bits per heavy atom. The molecule has 1 aliphatic carbocycles. The second-order valence-electron chi connectivity index (χ2n) is 9.25. The molecule has 174 valence electrons. The Morgan fingerprint density at radius 2 is 1.71 bits per heavy atom. The van der Waals surface area contributed by atoms with Crippen LogP contribution in [0.5, 0.6) is 0 Å². The van der Waals surface area contributed by atoms with Gasteiger partial charge in [0.2, 0.25) is 11.8 Å². The van der Waals surface area contributed by atoms with E-state index in [4.69, 9.17) is 4.74 Å². The number of carbonyl (C=O) groups excluding carboxylic acids is 3. The number of nitrogens with one attached hydrogen (secondary N) is 3. The first-order chi connectivity index (χ1) is 14.3. The summed E-state index contributed by atoms with van der Waals surface area (Å²) in [6.07, 6.45) is -2.46. The number of ether oxygens (including phenoxy) is 1. The Balaban J connectivity index is 2.11. The van der Waals surface area contributed by atoms with E-state index in [0.29, 0.717) is 26.1 Å². The minimum absolute atomic E-state index is 0.167. The summed E-state index contributed by atoms with van der Waals surface area (Å²) >= 11 is 0. The number of nitrogens with zero attached hydrogens (tertiary/aromatic N) is 1. The molecular formula is C20H29F3N4O4. The Hall–Kier alpha value is -2.35. The molecule has 3 amide bonds. The minimum Gasteiger partial charge on any atom is -0.381 e. The van der Waals surface area contributed by atoms with E-state index in [-0.39, 0.29) is 11.8 Å². The second-order valence-corrected chi connectivity index (χ2v) is 9.25. The maximum atomic E-state index is 12.8. The van der Waals surface area contributed by atoms with Gasteiger partial charge >= 0.3 is 12.1 Å². The quantitative estimate of drug-likeness (QED) is 0.521. The third-order valence-corrected chi connectivity index (χ3v) is 5.43. The summed E-state index contributed by atoms with van der Waals surface area (Å²) in [6.45, 7) is 5.36. The molecule has 1 heterocycles. The molecule has 1 saturated heterocycles. The van der Waals surface area contributed by atoms with Crippen molar-refractivity contribution in [1.29, 1.82) is 5.26 Å². The summed E-state index contributed by atoms with van der Waals surface area (Å²) in [7, 11) is 0. The molecule has 0 aromatic carbocycles. The molecule has 4 atom stereocenters. The molecule has 11 heteroatoms. The van der Waals surface area contributed by atoms with E-state index in [1.807, 2.05) is 6.07 Å². The van der Waals surface area contributed by atoms with Crippen LogP contribution in [0.1, 0.15) is 46.5 Å². The first-order valence-electron chi connectivity index (χ1n) is 10.3. The molecule has 0 radical (unpaired) electrons. The molecule has 31 heavy (non-hydrogen) atoms. The smallest absolute Gasteiger partial charge is 0.381 e. The van der Waals surface area contributed by atoms with Crippen LogP contribution in [0, 0.1) is 28.6 Å². The third kappa shape index (κ3) is 7.38. The van der Waals surface area contributed by atoms with Crippen molar-refractivity contribution in [3.05, 3.63) is 0 Å². The summed E-state index contributed by atoms with van der Waals surface area (Å²) in [6, 6.07) is -1.29. The van der Waals surface area contributed by atoms with Gasteiger partial charge in [0.1, 0.15) is 18.1 Å². The molecule has 2 rings (SSSR count). The van der Waals surface area contributed by atoms with Crippen LogP contribution in [0.4, 0.5) is 13.2 Å². The molecule has 0 aromatic heterocycles. The summed E-state index contributed by atoms with van der Waals surface area (Å²) in [4.78, 5) is 37.1. The van der Waals surface area contributed by atoms with Crippen molar-refractivity contribution in [3.8, 4) is 6.07 Å². The number of nitriles is 1. The highest BCUT2D eigenvalue weighted by atomic mass is 19.4. The average molecular weight is 446 g/mol. The van der Waals surface area contributed by atoms with Crippen molar-refractivity contribution in [2.24, 2.45) is 17.3 Å². The highest BCUT2D eigenvalue weighted by Crippen LogP contribution is 2.34. The first kappa shape index (κ1) is 24.9. The molecule has 2 aliphatic rings. The second kappa shape index (κ2) is 9.85. The van der Waals surface area contributed by atoms with Gasteiger partial charge in [-0.1, -0.05) is 33.6 Å². The van der Waals surface area contributed by atoms with Gasteiger partial charge in [0.25, 0.3) is 0 Å². The van der Waals surface area contributed by atoms with Crippen molar-refractivity contribution in [3.63, 3.8) is 0 Å². The van der Waals surface area contributed by atoms with Crippen molar-refractivity contribution in [1.82, 2.24) is 16.0 Å². The molecule has 2 fully saturated rings. The predicted octanol–water partition coefficient (Wildman–Crippen LogP) is 1.41. The number of amides is 3. The van der Waals surface area contributed by atoms with Crippen LogP contribution in [-0.4, -0.2) is 55.2 Å². The Bertz CT molecular complexity index is 719. The lowest BCUT2D eigenvalue weighted by Crippen LogP contribution is -2.60. The molecular weight excluding hydrogens is 417 g/mol. The largest absolute Gasteiger partial charge is 0.471 e. The normalized spacial score (nSPS) is 22.0. The lowest BCUT2D eigenvalue weighted by Gasteiger charge is -2.32. The van der Waals surface area contributed by atoms with Gasteiger partial charge < -0.3 is 20.7 Å². The summed E-state index contributed by atoms with van der Waals surface area (Å²) in [5, 5.41) is 16.3. The van der Waals surface area contributed by atoms with Gasteiger partial charge in [0.05, 0.1) is 12.7 Å². The lowest BCUT2D eigenvalue weighted by molar-refractivity contribution is -0.175. The Kier molecular flexibility index (Phi) is 7.92. The van der Waals surface area contributed by atoms with Gasteiger partial charge in [-0.3, -0.25) is 14.4 Å². The van der Waals surface area contributed by atoms with E-state index in [9.17, 15) is 32.8 Å². The Labute approximate surface area is 179 Å². The number of rotatable bonds is 8. The van der Waals surface area contributed by atoms with Gasteiger partial charge in [-0.25, -0.2) is 0 Å². The fourth-order valence-electron chi connectivity index (χ4n) is 3.39. The van der Waals surface area contributed by atoms with E-state index >= 15 is 0 Å². The third-order valence-electron chi connectivity index (χ3n) is 5.43. The zero-order valence-corrected chi connectivity index (χ0v) is 17.8. The van der Waals surface area contributed by atoms with Crippen molar-refractivity contribution in [2.75, 3.05) is 13.2 Å². The van der Waals surface area contributed by atoms with Crippen molar-refractivity contribution >= 4 is 17.7 Å². The molecule has 3 N–H and O–H groups in total. The topological polar surface area (TPSA) is 120 Å². The predicted molar refractivity (Wildman–Crippen MR) is 103 cm³/mol. The fraction of sp³-hybridized carbons (Fsp3) is 0.800. The number of alkyl halides is 3. The molecule has 0 bridgehead atoms. The number of hydrogen-bond donors (Lipinski definition) is 3. The molecule has 0 spiro atoms. The van der Waals surface area contributed by atoms with Crippen LogP contribution in [0.2, 0.25) is 0 Å². The number of carbonyl (C=O) groups is 3. The van der Waals surface area contributed by atoms with E-state index < -0.39 is 47.4 Å². The molecule has 0 aromatic rings. The molecule has 8 nitrogen and oxygen atoms in total. The van der Waals surface area contributed by atoms with Crippen LogP contribution in [0.25, 0.3) is 0 Å². The van der Waals surface area contributed by atoms with E-state index in [1.165, 1.54) is 20.8 Å². The molecule has 4 unspecified atom stereocenters. The minimum atomic E-state index is -5.14. The SMILES string of the molecule is CC(C)(C)C(NC(=O)C(F)(F)F)C(=O)NC(CC1CC1)C(=O)NC(C#N)C1CCOC1. The van der Waals surface area contributed by atoms with Crippen LogP contribution in [-0.2, 0) is 19.1 Å². The zero-order chi connectivity index (χ0) is 23.4. The molecule has 1 aliphatic heterocycles. The average Bonchev–Trinajstić information content (AvgIpc) is 3.30. The van der Waals surface area contributed by atoms with Crippen molar-refractivity contribution < 1.29 is 32.3 Å². The first-order valence-corrected chi connectivity index (χ1v) is 10.3. The van der Waals surface area contributed by atoms with E-state index in [2.05, 4.69) is 10.6 Å². The molecule has 1 saturated carbocycles. The van der Waals surface area contributed by atoms with Gasteiger partial charge in [-0.15, -0.1) is 0 Å². The van der Waals surface area contributed by atoms with Gasteiger partial charge in [0, 0.05) is 12.5 Å². The summed E-state index contributed by atoms with van der Waals surface area (Å²) < 4.78 is 43.4. The van der Waals surface area contributed by atoms with Crippen molar-refractivity contribution in [2.45, 2.75) is 70.8 Å². The maximum absolute atomic E-state index is 12.8. The van der Waals surface area contributed by atoms with Gasteiger partial charge in [0.15, 0.2) is 0 Å². The summed E-state index contributed by atoms with van der Waals surface area (Å²) in [5.74, 6) is -3.64.